The van der Waals surface area contributed by atoms with Gasteiger partial charge in [0.05, 0.1) is 0 Å². The van der Waals surface area contributed by atoms with E-state index in [-0.39, 0.29) is 0 Å². The highest BCUT2D eigenvalue weighted by Crippen LogP contribution is 2.16. The Morgan fingerprint density at radius 2 is 1.93 bits per heavy atom. The monoisotopic (exact) mass is 194 g/mol. The van der Waals surface area contributed by atoms with Gasteiger partial charge in [0.2, 0.25) is 0 Å². The fourth-order valence-corrected chi connectivity index (χ4v) is 1.12. The van der Waals surface area contributed by atoms with Crippen molar-refractivity contribution in [2.75, 3.05) is 17.6 Å². The fourth-order valence-electron chi connectivity index (χ4n) is 1.12. The van der Waals surface area contributed by atoms with Crippen LogP contribution in [0.4, 0.5) is 11.6 Å². The maximum atomic E-state index is 5.74. The predicted octanol–water partition coefficient (Wildman–Crippen LogP) is 1.74. The molecular weight excluding hydrogens is 176 g/mol. The zero-order valence-electron chi connectivity index (χ0n) is 9.26. The Kier molecular flexibility index (Phi) is 3.28. The summed E-state index contributed by atoms with van der Waals surface area (Å²) in [6.07, 6.45) is 0. The molecule has 1 rings (SSSR count). The minimum absolute atomic E-state index is 0.559. The van der Waals surface area contributed by atoms with Gasteiger partial charge in [0.25, 0.3) is 0 Å². The lowest BCUT2D eigenvalue weighted by molar-refractivity contribution is 0.686. The van der Waals surface area contributed by atoms with Crippen molar-refractivity contribution in [1.29, 1.82) is 0 Å². The third-order valence-electron chi connectivity index (χ3n) is 1.97. The van der Waals surface area contributed by atoms with Crippen molar-refractivity contribution in [3.05, 3.63) is 11.4 Å². The van der Waals surface area contributed by atoms with Gasteiger partial charge in [-0.1, -0.05) is 13.8 Å². The fraction of sp³-hybridized carbons (Fsp3) is 0.600. The molecule has 0 bridgehead atoms. The molecule has 4 nitrogen and oxygen atoms in total. The molecule has 0 radical (unpaired) electrons. The number of aryl methyl sites for hydroxylation is 1. The van der Waals surface area contributed by atoms with E-state index in [1.54, 1.807) is 0 Å². The standard InChI is InChI=1S/C10H18N4/c1-6(2)5-12-10-7(3)9(11)13-8(4)14-10/h6H,5H2,1-4H3,(H3,11,12,13,14). The van der Waals surface area contributed by atoms with Gasteiger partial charge in [-0.05, 0) is 19.8 Å². The van der Waals surface area contributed by atoms with Crippen molar-refractivity contribution in [2.24, 2.45) is 5.92 Å². The molecule has 0 amide bonds. The average Bonchev–Trinajstić information content (AvgIpc) is 2.08. The van der Waals surface area contributed by atoms with Crippen LogP contribution in [0.3, 0.4) is 0 Å². The van der Waals surface area contributed by atoms with E-state index < -0.39 is 0 Å². The minimum Gasteiger partial charge on any atom is -0.383 e. The Labute approximate surface area is 85.0 Å². The Balaban J connectivity index is 2.85. The molecule has 0 spiro atoms. The summed E-state index contributed by atoms with van der Waals surface area (Å²) in [6, 6.07) is 0. The SMILES string of the molecule is Cc1nc(N)c(C)c(NCC(C)C)n1. The molecule has 1 aromatic heterocycles. The van der Waals surface area contributed by atoms with Gasteiger partial charge < -0.3 is 11.1 Å². The smallest absolute Gasteiger partial charge is 0.134 e. The van der Waals surface area contributed by atoms with Gasteiger partial charge in [-0.2, -0.15) is 0 Å². The lowest BCUT2D eigenvalue weighted by Gasteiger charge is -2.12. The molecule has 0 aromatic carbocycles. The Morgan fingerprint density at radius 1 is 1.29 bits per heavy atom. The second kappa shape index (κ2) is 4.26. The second-order valence-corrected chi connectivity index (χ2v) is 3.90. The number of rotatable bonds is 3. The first-order valence-corrected chi connectivity index (χ1v) is 4.85. The number of hydrogen-bond donors (Lipinski definition) is 2. The number of hydrogen-bond acceptors (Lipinski definition) is 4. The van der Waals surface area contributed by atoms with Crippen molar-refractivity contribution in [3.63, 3.8) is 0 Å². The van der Waals surface area contributed by atoms with Crippen LogP contribution in [0.15, 0.2) is 0 Å². The van der Waals surface area contributed by atoms with E-state index in [4.69, 9.17) is 5.73 Å². The molecule has 0 saturated heterocycles. The van der Waals surface area contributed by atoms with Crippen LogP contribution in [0, 0.1) is 19.8 Å². The first kappa shape index (κ1) is 10.8. The molecular formula is C10H18N4. The molecule has 0 atom stereocenters. The largest absolute Gasteiger partial charge is 0.383 e. The van der Waals surface area contributed by atoms with Gasteiger partial charge in [-0.15, -0.1) is 0 Å². The molecule has 0 saturated carbocycles. The normalized spacial score (nSPS) is 10.6. The van der Waals surface area contributed by atoms with Crippen LogP contribution >= 0.6 is 0 Å². The van der Waals surface area contributed by atoms with Crippen molar-refractivity contribution in [1.82, 2.24) is 9.97 Å². The molecule has 0 aliphatic heterocycles. The molecule has 0 fully saturated rings. The Hall–Kier alpha value is -1.32. The van der Waals surface area contributed by atoms with E-state index in [1.165, 1.54) is 0 Å². The van der Waals surface area contributed by atoms with Gasteiger partial charge in [0.1, 0.15) is 17.5 Å². The van der Waals surface area contributed by atoms with Crippen LogP contribution in [0.1, 0.15) is 25.2 Å². The highest BCUT2D eigenvalue weighted by atomic mass is 15.1. The van der Waals surface area contributed by atoms with E-state index >= 15 is 0 Å². The van der Waals surface area contributed by atoms with Crippen LogP contribution in [-0.2, 0) is 0 Å². The molecule has 0 aliphatic carbocycles. The number of anilines is 2. The van der Waals surface area contributed by atoms with Gasteiger partial charge in [-0.25, -0.2) is 9.97 Å². The summed E-state index contributed by atoms with van der Waals surface area (Å²) in [5, 5.41) is 3.26. The molecule has 1 heterocycles. The Morgan fingerprint density at radius 3 is 2.50 bits per heavy atom. The molecule has 78 valence electrons. The summed E-state index contributed by atoms with van der Waals surface area (Å²) in [6.45, 7) is 8.98. The summed E-state index contributed by atoms with van der Waals surface area (Å²) >= 11 is 0. The molecule has 1 aromatic rings. The number of nitrogens with one attached hydrogen (secondary N) is 1. The van der Waals surface area contributed by atoms with Crippen LogP contribution in [0.5, 0.6) is 0 Å². The second-order valence-electron chi connectivity index (χ2n) is 3.90. The highest BCUT2D eigenvalue weighted by molar-refractivity contribution is 5.54. The van der Waals surface area contributed by atoms with Crippen molar-refractivity contribution in [2.45, 2.75) is 27.7 Å². The van der Waals surface area contributed by atoms with Gasteiger partial charge >= 0.3 is 0 Å². The number of nitrogen functional groups attached to an aromatic ring is 1. The predicted molar refractivity (Wildman–Crippen MR) is 59.2 cm³/mol. The first-order chi connectivity index (χ1) is 6.50. The Bertz CT molecular complexity index is 320. The van der Waals surface area contributed by atoms with Gasteiger partial charge in [0.15, 0.2) is 0 Å². The lowest BCUT2D eigenvalue weighted by atomic mass is 10.2. The quantitative estimate of drug-likeness (QED) is 0.769. The van der Waals surface area contributed by atoms with Crippen molar-refractivity contribution in [3.8, 4) is 0 Å². The average molecular weight is 194 g/mol. The van der Waals surface area contributed by atoms with E-state index in [2.05, 4.69) is 29.1 Å². The number of nitrogens with two attached hydrogens (primary N) is 1. The first-order valence-electron chi connectivity index (χ1n) is 4.85. The van der Waals surface area contributed by atoms with E-state index in [1.807, 2.05) is 13.8 Å². The van der Waals surface area contributed by atoms with Crippen LogP contribution in [-0.4, -0.2) is 16.5 Å². The third-order valence-corrected chi connectivity index (χ3v) is 1.97. The third kappa shape index (κ3) is 2.58. The van der Waals surface area contributed by atoms with E-state index in [0.29, 0.717) is 17.6 Å². The minimum atomic E-state index is 0.559. The number of nitrogens with zero attached hydrogens (tertiary/aromatic N) is 2. The van der Waals surface area contributed by atoms with E-state index in [9.17, 15) is 0 Å². The summed E-state index contributed by atoms with van der Waals surface area (Å²) in [4.78, 5) is 8.39. The van der Waals surface area contributed by atoms with Crippen LogP contribution in [0.25, 0.3) is 0 Å². The topological polar surface area (TPSA) is 63.8 Å². The molecule has 3 N–H and O–H groups in total. The van der Waals surface area contributed by atoms with Crippen LogP contribution < -0.4 is 11.1 Å². The molecule has 4 heteroatoms. The molecule has 14 heavy (non-hydrogen) atoms. The summed E-state index contributed by atoms with van der Waals surface area (Å²) in [7, 11) is 0. The zero-order valence-corrected chi connectivity index (χ0v) is 9.26. The van der Waals surface area contributed by atoms with Crippen molar-refractivity contribution < 1.29 is 0 Å². The maximum Gasteiger partial charge on any atom is 0.134 e. The number of aromatic nitrogens is 2. The molecule has 0 aliphatic rings. The maximum absolute atomic E-state index is 5.74. The summed E-state index contributed by atoms with van der Waals surface area (Å²) in [5.41, 5.74) is 6.66. The van der Waals surface area contributed by atoms with Gasteiger partial charge in [0, 0.05) is 12.1 Å². The van der Waals surface area contributed by atoms with Crippen molar-refractivity contribution >= 4 is 11.6 Å². The van der Waals surface area contributed by atoms with Gasteiger partial charge in [-0.3, -0.25) is 0 Å². The summed E-state index contributed by atoms with van der Waals surface area (Å²) in [5.74, 6) is 2.71. The van der Waals surface area contributed by atoms with E-state index in [0.717, 1.165) is 17.9 Å². The molecule has 0 unspecified atom stereocenters. The zero-order chi connectivity index (χ0) is 10.7. The van der Waals surface area contributed by atoms with Crippen LogP contribution in [0.2, 0.25) is 0 Å². The summed E-state index contributed by atoms with van der Waals surface area (Å²) < 4.78 is 0. The highest BCUT2D eigenvalue weighted by Gasteiger charge is 2.06. The lowest BCUT2D eigenvalue weighted by Crippen LogP contribution is -2.12.